The summed E-state index contributed by atoms with van der Waals surface area (Å²) in [5.74, 6) is -0.274. The van der Waals surface area contributed by atoms with E-state index in [1.165, 1.54) is 7.11 Å². The van der Waals surface area contributed by atoms with Crippen LogP contribution in [0.15, 0.2) is 42.5 Å². The number of likely N-dealkylation sites (tertiary alicyclic amines) is 1. The summed E-state index contributed by atoms with van der Waals surface area (Å²) in [5.41, 5.74) is 1.06. The Labute approximate surface area is 154 Å². The Balaban J connectivity index is 1.97. The molecule has 1 heterocycles. The van der Waals surface area contributed by atoms with Gasteiger partial charge in [-0.25, -0.2) is 0 Å². The number of methoxy groups -OCH3 is 1. The van der Waals surface area contributed by atoms with E-state index in [1.807, 2.05) is 48.2 Å². The largest absolute Gasteiger partial charge is 0.469 e. The van der Waals surface area contributed by atoms with E-state index < -0.39 is 18.2 Å². The molecule has 1 aromatic carbocycles. The first-order valence-electron chi connectivity index (χ1n) is 8.85. The molecule has 2 N–H and O–H groups in total. The lowest BCUT2D eigenvalue weighted by Crippen LogP contribution is -2.33. The molecule has 1 aliphatic heterocycles. The van der Waals surface area contributed by atoms with E-state index in [4.69, 9.17) is 0 Å². The quantitative estimate of drug-likeness (QED) is 0.543. The molecule has 2 unspecified atom stereocenters. The predicted octanol–water partition coefficient (Wildman–Crippen LogP) is 1.65. The summed E-state index contributed by atoms with van der Waals surface area (Å²) in [5, 5.41) is 19.9. The molecule has 0 radical (unpaired) electrons. The first-order chi connectivity index (χ1) is 12.4. The third-order valence-corrected chi connectivity index (χ3v) is 4.63. The van der Waals surface area contributed by atoms with E-state index >= 15 is 0 Å². The summed E-state index contributed by atoms with van der Waals surface area (Å²) in [7, 11) is 1.26. The summed E-state index contributed by atoms with van der Waals surface area (Å²) < 4.78 is 4.50. The van der Waals surface area contributed by atoms with Crippen LogP contribution >= 0.6 is 0 Å². The number of hydrogen-bond acceptors (Lipinski definition) is 5. The average molecular weight is 361 g/mol. The van der Waals surface area contributed by atoms with Gasteiger partial charge in [0.2, 0.25) is 5.91 Å². The number of hydrogen-bond donors (Lipinski definition) is 2. The van der Waals surface area contributed by atoms with Gasteiger partial charge in [-0.15, -0.1) is 0 Å². The number of nitrogens with zero attached hydrogens (tertiary/aromatic N) is 1. The van der Waals surface area contributed by atoms with Crippen LogP contribution < -0.4 is 0 Å². The summed E-state index contributed by atoms with van der Waals surface area (Å²) in [6, 6.07) is 9.68. The molecule has 0 bridgehead atoms. The number of esters is 1. The van der Waals surface area contributed by atoms with Crippen LogP contribution in [-0.4, -0.2) is 52.3 Å². The van der Waals surface area contributed by atoms with Gasteiger partial charge < -0.3 is 19.8 Å². The fraction of sp³-hybridized carbons (Fsp3) is 0.500. The van der Waals surface area contributed by atoms with Crippen molar-refractivity contribution in [2.45, 2.75) is 51.0 Å². The van der Waals surface area contributed by atoms with Gasteiger partial charge in [0.05, 0.1) is 31.8 Å². The van der Waals surface area contributed by atoms with Crippen molar-refractivity contribution in [2.75, 3.05) is 7.11 Å². The van der Waals surface area contributed by atoms with Gasteiger partial charge in [-0.3, -0.25) is 9.59 Å². The number of carbonyl (C=O) groups excluding carboxylic acids is 2. The van der Waals surface area contributed by atoms with Crippen molar-refractivity contribution < 1.29 is 24.5 Å². The summed E-state index contributed by atoms with van der Waals surface area (Å²) in [6.07, 6.45) is 1.93. The SMILES string of the molecule is COC(=O)C[C@@H](O)C[C@@H](O)/C=C\C1C(C)CC(=O)N1Cc1ccccc1. The first kappa shape index (κ1) is 20.1. The van der Waals surface area contributed by atoms with Gasteiger partial charge in [0.15, 0.2) is 0 Å². The van der Waals surface area contributed by atoms with E-state index in [0.717, 1.165) is 5.56 Å². The highest BCUT2D eigenvalue weighted by molar-refractivity contribution is 5.79. The Bertz CT molecular complexity index is 630. The predicted molar refractivity (Wildman–Crippen MR) is 97.0 cm³/mol. The Morgan fingerprint density at radius 2 is 2.04 bits per heavy atom. The standard InChI is InChI=1S/C20H27NO5/c1-14-10-19(24)21(13-15-6-4-3-5-7-15)18(14)9-8-16(22)11-17(23)12-20(25)26-2/h3-9,14,16-18,22-23H,10-13H2,1-2H3/b9-8-/t14?,16-,17-,18?/m0/s1. The number of rotatable bonds is 8. The lowest BCUT2D eigenvalue weighted by atomic mass is 10.0. The number of amides is 1. The van der Waals surface area contributed by atoms with Gasteiger partial charge in [-0.05, 0) is 11.5 Å². The van der Waals surface area contributed by atoms with Crippen LogP contribution in [-0.2, 0) is 20.9 Å². The molecule has 0 aliphatic carbocycles. The van der Waals surface area contributed by atoms with Crippen molar-refractivity contribution in [3.05, 3.63) is 48.0 Å². The summed E-state index contributed by atoms with van der Waals surface area (Å²) in [4.78, 5) is 25.3. The lowest BCUT2D eigenvalue weighted by molar-refractivity contribution is -0.143. The van der Waals surface area contributed by atoms with E-state index in [0.29, 0.717) is 13.0 Å². The maximum absolute atomic E-state index is 12.3. The molecule has 4 atom stereocenters. The third-order valence-electron chi connectivity index (χ3n) is 4.63. The molecule has 142 valence electrons. The molecule has 6 heteroatoms. The molecule has 1 fully saturated rings. The molecular weight excluding hydrogens is 334 g/mol. The van der Waals surface area contributed by atoms with Gasteiger partial charge in [0.1, 0.15) is 0 Å². The minimum absolute atomic E-state index is 0.0410. The summed E-state index contributed by atoms with van der Waals surface area (Å²) in [6.45, 7) is 2.54. The van der Waals surface area contributed by atoms with Crippen LogP contribution in [0.5, 0.6) is 0 Å². The van der Waals surface area contributed by atoms with E-state index in [9.17, 15) is 19.8 Å². The average Bonchev–Trinajstić information content (AvgIpc) is 2.87. The Kier molecular flexibility index (Phi) is 7.36. The zero-order valence-corrected chi connectivity index (χ0v) is 15.2. The highest BCUT2D eigenvalue weighted by Gasteiger charge is 2.35. The third kappa shape index (κ3) is 5.68. The molecule has 1 aliphatic rings. The van der Waals surface area contributed by atoms with Crippen molar-refractivity contribution in [3.63, 3.8) is 0 Å². The molecule has 26 heavy (non-hydrogen) atoms. The maximum atomic E-state index is 12.3. The summed E-state index contributed by atoms with van der Waals surface area (Å²) >= 11 is 0. The Morgan fingerprint density at radius 3 is 2.69 bits per heavy atom. The van der Waals surface area contributed by atoms with Crippen molar-refractivity contribution >= 4 is 11.9 Å². The van der Waals surface area contributed by atoms with Crippen LogP contribution in [0, 0.1) is 5.92 Å². The normalized spacial score (nSPS) is 22.6. The van der Waals surface area contributed by atoms with Gasteiger partial charge in [0.25, 0.3) is 0 Å². The number of aliphatic hydroxyl groups is 2. The molecule has 0 spiro atoms. The van der Waals surface area contributed by atoms with E-state index in [1.54, 1.807) is 6.08 Å². The molecule has 1 amide bonds. The number of ether oxygens (including phenoxy) is 1. The van der Waals surface area contributed by atoms with Gasteiger partial charge >= 0.3 is 5.97 Å². The number of carbonyl (C=O) groups is 2. The van der Waals surface area contributed by atoms with Crippen molar-refractivity contribution in [1.29, 1.82) is 0 Å². The van der Waals surface area contributed by atoms with Crippen molar-refractivity contribution in [1.82, 2.24) is 4.90 Å². The molecule has 2 rings (SSSR count). The fourth-order valence-corrected chi connectivity index (χ4v) is 3.21. The lowest BCUT2D eigenvalue weighted by Gasteiger charge is -2.25. The molecule has 6 nitrogen and oxygen atoms in total. The molecule has 1 aromatic rings. The van der Waals surface area contributed by atoms with Crippen LogP contribution in [0.25, 0.3) is 0 Å². The minimum Gasteiger partial charge on any atom is -0.469 e. The second-order valence-corrected chi connectivity index (χ2v) is 6.80. The van der Waals surface area contributed by atoms with Crippen LogP contribution in [0.1, 0.15) is 31.7 Å². The number of aliphatic hydroxyl groups excluding tert-OH is 2. The highest BCUT2D eigenvalue weighted by atomic mass is 16.5. The Morgan fingerprint density at radius 1 is 1.35 bits per heavy atom. The van der Waals surface area contributed by atoms with Gasteiger partial charge in [-0.1, -0.05) is 49.4 Å². The van der Waals surface area contributed by atoms with Gasteiger partial charge in [-0.2, -0.15) is 0 Å². The van der Waals surface area contributed by atoms with Crippen LogP contribution in [0.3, 0.4) is 0 Å². The first-order valence-corrected chi connectivity index (χ1v) is 8.85. The zero-order valence-electron chi connectivity index (χ0n) is 15.2. The van der Waals surface area contributed by atoms with Crippen LogP contribution in [0.4, 0.5) is 0 Å². The monoisotopic (exact) mass is 361 g/mol. The number of benzene rings is 1. The minimum atomic E-state index is -0.967. The van der Waals surface area contributed by atoms with Crippen molar-refractivity contribution in [3.8, 4) is 0 Å². The maximum Gasteiger partial charge on any atom is 0.308 e. The second-order valence-electron chi connectivity index (χ2n) is 6.80. The van der Waals surface area contributed by atoms with E-state index in [2.05, 4.69) is 4.74 Å². The molecule has 0 aromatic heterocycles. The fourth-order valence-electron chi connectivity index (χ4n) is 3.21. The highest BCUT2D eigenvalue weighted by Crippen LogP contribution is 2.28. The van der Waals surface area contributed by atoms with Crippen LogP contribution in [0.2, 0.25) is 0 Å². The topological polar surface area (TPSA) is 87.1 Å². The van der Waals surface area contributed by atoms with Gasteiger partial charge in [0, 0.05) is 19.4 Å². The smallest absolute Gasteiger partial charge is 0.308 e. The molecule has 0 saturated carbocycles. The second kappa shape index (κ2) is 9.50. The van der Waals surface area contributed by atoms with Crippen molar-refractivity contribution in [2.24, 2.45) is 5.92 Å². The molecular formula is C20H27NO5. The van der Waals surface area contributed by atoms with E-state index in [-0.39, 0.29) is 30.7 Å². The Hall–Kier alpha value is -2.18. The molecule has 1 saturated heterocycles. The zero-order chi connectivity index (χ0) is 19.1.